The summed E-state index contributed by atoms with van der Waals surface area (Å²) < 4.78 is 25.1. The van der Waals surface area contributed by atoms with E-state index in [4.69, 9.17) is 15.2 Å². The summed E-state index contributed by atoms with van der Waals surface area (Å²) in [5.41, 5.74) is 6.21. The largest absolute Gasteiger partial charge is 0.490 e. The Balaban J connectivity index is 2.33. The standard InChI is InChI=1S/C14H13FINO2/c1-2-18-12-5-3-4-6-13(12)19-14-7-9(15)10(16)8-11(14)17/h3-8H,2,17H2,1H3. The summed E-state index contributed by atoms with van der Waals surface area (Å²) >= 11 is 1.88. The lowest BCUT2D eigenvalue weighted by atomic mass is 10.3. The molecule has 0 fully saturated rings. The molecule has 2 aromatic rings. The van der Waals surface area contributed by atoms with E-state index in [1.54, 1.807) is 12.1 Å². The van der Waals surface area contributed by atoms with Gasteiger partial charge in [-0.3, -0.25) is 0 Å². The van der Waals surface area contributed by atoms with Crippen LogP contribution in [0.25, 0.3) is 0 Å². The topological polar surface area (TPSA) is 44.5 Å². The van der Waals surface area contributed by atoms with Crippen LogP contribution in [0.3, 0.4) is 0 Å². The van der Waals surface area contributed by atoms with Crippen LogP contribution in [0.5, 0.6) is 17.2 Å². The molecule has 2 rings (SSSR count). The highest BCUT2D eigenvalue weighted by molar-refractivity contribution is 14.1. The molecule has 100 valence electrons. The van der Waals surface area contributed by atoms with E-state index in [9.17, 15) is 4.39 Å². The van der Waals surface area contributed by atoms with Crippen molar-refractivity contribution in [2.45, 2.75) is 6.92 Å². The number of anilines is 1. The molecule has 0 saturated carbocycles. The number of rotatable bonds is 4. The Labute approximate surface area is 124 Å². The molecule has 19 heavy (non-hydrogen) atoms. The fourth-order valence-electron chi connectivity index (χ4n) is 1.56. The Bertz CT molecular complexity index is 590. The first-order chi connectivity index (χ1) is 9.11. The minimum Gasteiger partial charge on any atom is -0.490 e. The number of ether oxygens (including phenoxy) is 2. The van der Waals surface area contributed by atoms with Crippen LogP contribution >= 0.6 is 22.6 Å². The number of halogens is 2. The second kappa shape index (κ2) is 6.10. The van der Waals surface area contributed by atoms with Gasteiger partial charge in [0.15, 0.2) is 17.2 Å². The molecule has 0 radical (unpaired) electrons. The zero-order valence-electron chi connectivity index (χ0n) is 10.3. The van der Waals surface area contributed by atoms with Gasteiger partial charge in [0.1, 0.15) is 5.82 Å². The van der Waals surface area contributed by atoms with Crippen molar-refractivity contribution in [3.8, 4) is 17.2 Å². The quantitative estimate of drug-likeness (QED) is 0.645. The second-order valence-corrected chi connectivity index (χ2v) is 4.95. The van der Waals surface area contributed by atoms with Gasteiger partial charge in [-0.1, -0.05) is 12.1 Å². The van der Waals surface area contributed by atoms with Gasteiger partial charge in [-0.25, -0.2) is 4.39 Å². The van der Waals surface area contributed by atoms with Crippen LogP contribution in [-0.4, -0.2) is 6.61 Å². The number of para-hydroxylation sites is 2. The van der Waals surface area contributed by atoms with Crippen molar-refractivity contribution in [3.63, 3.8) is 0 Å². The summed E-state index contributed by atoms with van der Waals surface area (Å²) in [5, 5.41) is 0. The molecule has 0 unspecified atom stereocenters. The molecule has 0 aliphatic carbocycles. The third-order valence-electron chi connectivity index (χ3n) is 2.42. The normalized spacial score (nSPS) is 10.3. The summed E-state index contributed by atoms with van der Waals surface area (Å²) in [4.78, 5) is 0. The van der Waals surface area contributed by atoms with Gasteiger partial charge in [-0.05, 0) is 47.7 Å². The molecule has 0 aliphatic rings. The molecule has 3 nitrogen and oxygen atoms in total. The van der Waals surface area contributed by atoms with Gasteiger partial charge in [0.05, 0.1) is 15.9 Å². The van der Waals surface area contributed by atoms with Crippen molar-refractivity contribution >= 4 is 28.3 Å². The van der Waals surface area contributed by atoms with E-state index in [-0.39, 0.29) is 11.6 Å². The highest BCUT2D eigenvalue weighted by Crippen LogP contribution is 2.35. The molecule has 0 spiro atoms. The zero-order valence-corrected chi connectivity index (χ0v) is 12.5. The van der Waals surface area contributed by atoms with Crippen LogP contribution in [0.1, 0.15) is 6.92 Å². The lowest BCUT2D eigenvalue weighted by Gasteiger charge is -2.13. The first-order valence-electron chi connectivity index (χ1n) is 5.76. The lowest BCUT2D eigenvalue weighted by molar-refractivity contribution is 0.321. The zero-order chi connectivity index (χ0) is 13.8. The molecular formula is C14H13FINO2. The maximum atomic E-state index is 13.5. The van der Waals surface area contributed by atoms with E-state index in [0.717, 1.165) is 0 Å². The van der Waals surface area contributed by atoms with Crippen LogP contribution in [0, 0.1) is 9.39 Å². The Morgan fingerprint density at radius 1 is 1.16 bits per heavy atom. The molecule has 0 heterocycles. The lowest BCUT2D eigenvalue weighted by Crippen LogP contribution is -1.98. The van der Waals surface area contributed by atoms with E-state index < -0.39 is 0 Å². The minimum absolute atomic E-state index is 0.282. The van der Waals surface area contributed by atoms with Crippen molar-refractivity contribution in [1.82, 2.24) is 0 Å². The average Bonchev–Trinajstić information content (AvgIpc) is 2.38. The maximum absolute atomic E-state index is 13.5. The van der Waals surface area contributed by atoms with Crippen molar-refractivity contribution in [2.24, 2.45) is 0 Å². The molecule has 0 aliphatic heterocycles. The van der Waals surface area contributed by atoms with E-state index in [1.165, 1.54) is 12.1 Å². The number of hydrogen-bond acceptors (Lipinski definition) is 3. The summed E-state index contributed by atoms with van der Waals surface area (Å²) in [5.74, 6) is 1.03. The average molecular weight is 373 g/mol. The summed E-state index contributed by atoms with van der Waals surface area (Å²) in [6, 6.07) is 10.0. The van der Waals surface area contributed by atoms with Crippen LogP contribution < -0.4 is 15.2 Å². The fraction of sp³-hybridized carbons (Fsp3) is 0.143. The molecule has 0 bridgehead atoms. The van der Waals surface area contributed by atoms with Gasteiger partial charge < -0.3 is 15.2 Å². The van der Waals surface area contributed by atoms with Gasteiger partial charge in [0.2, 0.25) is 0 Å². The predicted molar refractivity (Wildman–Crippen MR) is 81.2 cm³/mol. The number of hydrogen-bond donors (Lipinski definition) is 1. The van der Waals surface area contributed by atoms with Gasteiger partial charge >= 0.3 is 0 Å². The third-order valence-corrected chi connectivity index (χ3v) is 3.25. The molecule has 2 aromatic carbocycles. The van der Waals surface area contributed by atoms with E-state index in [0.29, 0.717) is 27.4 Å². The summed E-state index contributed by atoms with van der Waals surface area (Å²) in [6.45, 7) is 2.41. The van der Waals surface area contributed by atoms with E-state index in [1.807, 2.05) is 41.6 Å². The van der Waals surface area contributed by atoms with Crippen LogP contribution in [0.2, 0.25) is 0 Å². The smallest absolute Gasteiger partial charge is 0.169 e. The summed E-state index contributed by atoms with van der Waals surface area (Å²) in [6.07, 6.45) is 0. The van der Waals surface area contributed by atoms with Gasteiger partial charge in [-0.15, -0.1) is 0 Å². The number of benzene rings is 2. The number of nitrogen functional groups attached to an aromatic ring is 1. The first-order valence-corrected chi connectivity index (χ1v) is 6.84. The molecule has 0 atom stereocenters. The number of nitrogens with two attached hydrogens (primary N) is 1. The molecule has 0 saturated heterocycles. The Kier molecular flexibility index (Phi) is 4.47. The third kappa shape index (κ3) is 3.28. The fourth-order valence-corrected chi connectivity index (χ4v) is 2.05. The van der Waals surface area contributed by atoms with Gasteiger partial charge in [0.25, 0.3) is 0 Å². The predicted octanol–water partition coefficient (Wildman–Crippen LogP) is 4.20. The highest BCUT2D eigenvalue weighted by atomic mass is 127. The molecule has 0 amide bonds. The van der Waals surface area contributed by atoms with Crippen molar-refractivity contribution in [2.75, 3.05) is 12.3 Å². The maximum Gasteiger partial charge on any atom is 0.169 e. The van der Waals surface area contributed by atoms with Crippen molar-refractivity contribution in [3.05, 3.63) is 45.8 Å². The second-order valence-electron chi connectivity index (χ2n) is 3.79. The monoisotopic (exact) mass is 373 g/mol. The molecule has 2 N–H and O–H groups in total. The Hall–Kier alpha value is -1.50. The van der Waals surface area contributed by atoms with Crippen LogP contribution in [0.15, 0.2) is 36.4 Å². The first kappa shape index (κ1) is 13.9. The Morgan fingerprint density at radius 3 is 2.53 bits per heavy atom. The molecule has 0 aromatic heterocycles. The highest BCUT2D eigenvalue weighted by Gasteiger charge is 2.10. The minimum atomic E-state index is -0.362. The van der Waals surface area contributed by atoms with Gasteiger partial charge in [0, 0.05) is 6.07 Å². The SMILES string of the molecule is CCOc1ccccc1Oc1cc(F)c(I)cc1N. The van der Waals surface area contributed by atoms with Crippen molar-refractivity contribution in [1.29, 1.82) is 0 Å². The Morgan fingerprint density at radius 2 is 1.84 bits per heavy atom. The van der Waals surface area contributed by atoms with E-state index in [2.05, 4.69) is 0 Å². The van der Waals surface area contributed by atoms with Crippen LogP contribution in [-0.2, 0) is 0 Å². The van der Waals surface area contributed by atoms with Crippen LogP contribution in [0.4, 0.5) is 10.1 Å². The van der Waals surface area contributed by atoms with Crippen molar-refractivity contribution < 1.29 is 13.9 Å². The van der Waals surface area contributed by atoms with Gasteiger partial charge in [-0.2, -0.15) is 0 Å². The molecular weight excluding hydrogens is 360 g/mol. The molecule has 5 heteroatoms. The summed E-state index contributed by atoms with van der Waals surface area (Å²) in [7, 11) is 0. The van der Waals surface area contributed by atoms with E-state index >= 15 is 0 Å².